The lowest BCUT2D eigenvalue weighted by atomic mass is 10.2. The highest BCUT2D eigenvalue weighted by molar-refractivity contribution is 5.91. The summed E-state index contributed by atoms with van der Waals surface area (Å²) in [5.41, 5.74) is 11.5. The summed E-state index contributed by atoms with van der Waals surface area (Å²) in [6, 6.07) is 14.2. The van der Waals surface area contributed by atoms with Gasteiger partial charge in [-0.2, -0.15) is 10.3 Å². The summed E-state index contributed by atoms with van der Waals surface area (Å²) in [4.78, 5) is 12.7. The van der Waals surface area contributed by atoms with E-state index in [1.807, 2.05) is 19.1 Å². The van der Waals surface area contributed by atoms with Crippen molar-refractivity contribution in [3.05, 3.63) is 53.6 Å². The molecule has 0 saturated heterocycles. The van der Waals surface area contributed by atoms with Gasteiger partial charge < -0.3 is 10.5 Å². The number of carbonyl (C=O) groups is 1. The summed E-state index contributed by atoms with van der Waals surface area (Å²) in [5, 5.41) is 10.2. The molecular formula is C19H22N4O2. The van der Waals surface area contributed by atoms with Gasteiger partial charge in [0.25, 0.3) is 0 Å². The summed E-state index contributed by atoms with van der Waals surface area (Å²) >= 11 is 0. The molecule has 2 aromatic carbocycles. The molecule has 25 heavy (non-hydrogen) atoms. The van der Waals surface area contributed by atoms with Gasteiger partial charge in [0.1, 0.15) is 5.60 Å². The number of nitrogen functional groups attached to an aromatic ring is 1. The van der Waals surface area contributed by atoms with Crippen molar-refractivity contribution in [3.8, 4) is 6.07 Å². The first kappa shape index (κ1) is 18.1. The van der Waals surface area contributed by atoms with Crippen LogP contribution in [-0.4, -0.2) is 11.7 Å². The first-order valence-electron chi connectivity index (χ1n) is 7.86. The second-order valence-corrected chi connectivity index (χ2v) is 6.63. The smallest absolute Gasteiger partial charge is 0.433 e. The fraction of sp³-hybridized carbons (Fsp3) is 0.263. The van der Waals surface area contributed by atoms with Gasteiger partial charge in [-0.15, -0.1) is 0 Å². The van der Waals surface area contributed by atoms with E-state index in [0.717, 1.165) is 5.56 Å². The fourth-order valence-corrected chi connectivity index (χ4v) is 2.16. The second-order valence-electron chi connectivity index (χ2n) is 6.63. The second kappa shape index (κ2) is 7.14. The Balaban J connectivity index is 2.41. The number of benzene rings is 2. The molecule has 0 aliphatic carbocycles. The molecule has 6 nitrogen and oxygen atoms in total. The Morgan fingerprint density at radius 2 is 1.84 bits per heavy atom. The summed E-state index contributed by atoms with van der Waals surface area (Å²) in [6.07, 6.45) is -0.570. The van der Waals surface area contributed by atoms with Crippen LogP contribution in [0.15, 0.2) is 42.5 Å². The lowest BCUT2D eigenvalue weighted by Gasteiger charge is -2.29. The van der Waals surface area contributed by atoms with Crippen LogP contribution in [0.4, 0.5) is 21.9 Å². The van der Waals surface area contributed by atoms with Gasteiger partial charge in [0.2, 0.25) is 0 Å². The van der Waals surface area contributed by atoms with Gasteiger partial charge >= 0.3 is 6.09 Å². The molecule has 0 radical (unpaired) electrons. The van der Waals surface area contributed by atoms with E-state index in [-0.39, 0.29) is 0 Å². The van der Waals surface area contributed by atoms with Crippen molar-refractivity contribution < 1.29 is 9.53 Å². The molecule has 1 amide bonds. The standard InChI is InChI=1S/C19H22N4O2/c1-13-6-5-7-16(21)17(13)22-23(18(24)25-19(2,3)4)15-10-8-14(12-20)9-11-15/h5-11,22H,21H2,1-4H3. The maximum atomic E-state index is 12.7. The lowest BCUT2D eigenvalue weighted by molar-refractivity contribution is 0.0589. The third-order valence-corrected chi connectivity index (χ3v) is 3.36. The first-order chi connectivity index (χ1) is 11.7. The van der Waals surface area contributed by atoms with E-state index in [0.29, 0.717) is 22.6 Å². The number of amides is 1. The van der Waals surface area contributed by atoms with Gasteiger partial charge in [-0.25, -0.2) is 4.79 Å². The van der Waals surface area contributed by atoms with E-state index >= 15 is 0 Å². The number of aryl methyl sites for hydroxylation is 1. The van der Waals surface area contributed by atoms with Gasteiger partial charge in [-0.3, -0.25) is 5.43 Å². The van der Waals surface area contributed by atoms with Crippen LogP contribution >= 0.6 is 0 Å². The summed E-state index contributed by atoms with van der Waals surface area (Å²) in [7, 11) is 0. The summed E-state index contributed by atoms with van der Waals surface area (Å²) in [6.45, 7) is 7.28. The number of nitriles is 1. The highest BCUT2D eigenvalue weighted by atomic mass is 16.6. The maximum Gasteiger partial charge on any atom is 0.433 e. The molecule has 2 rings (SSSR count). The Morgan fingerprint density at radius 1 is 1.20 bits per heavy atom. The average molecular weight is 338 g/mol. The zero-order chi connectivity index (χ0) is 18.6. The molecular weight excluding hydrogens is 316 g/mol. The Labute approximate surface area is 147 Å². The minimum absolute atomic E-state index is 0.503. The fourth-order valence-electron chi connectivity index (χ4n) is 2.16. The molecule has 0 spiro atoms. The van der Waals surface area contributed by atoms with Crippen LogP contribution in [0.25, 0.3) is 0 Å². The van der Waals surface area contributed by atoms with Gasteiger partial charge in [-0.1, -0.05) is 12.1 Å². The number of nitrogens with two attached hydrogens (primary N) is 1. The molecule has 0 atom stereocenters. The van der Waals surface area contributed by atoms with Crippen LogP contribution in [0.5, 0.6) is 0 Å². The minimum atomic E-state index is -0.652. The van der Waals surface area contributed by atoms with Gasteiger partial charge in [0.15, 0.2) is 0 Å². The molecule has 0 saturated carbocycles. The Bertz CT molecular complexity index is 781. The number of hydrogen-bond donors (Lipinski definition) is 2. The van der Waals surface area contributed by atoms with Crippen molar-refractivity contribution in [2.24, 2.45) is 0 Å². The number of hydrogen-bond acceptors (Lipinski definition) is 5. The predicted octanol–water partition coefficient (Wildman–Crippen LogP) is 4.22. The molecule has 0 aliphatic rings. The number of nitrogens with one attached hydrogen (secondary N) is 1. The Hall–Kier alpha value is -3.20. The van der Waals surface area contributed by atoms with Crippen molar-refractivity contribution in [1.29, 1.82) is 5.26 Å². The van der Waals surface area contributed by atoms with Crippen LogP contribution in [0.3, 0.4) is 0 Å². The number of anilines is 3. The third-order valence-electron chi connectivity index (χ3n) is 3.36. The molecule has 0 fully saturated rings. The number of ether oxygens (including phenoxy) is 1. The first-order valence-corrected chi connectivity index (χ1v) is 7.86. The number of para-hydroxylation sites is 1. The topological polar surface area (TPSA) is 91.4 Å². The highest BCUT2D eigenvalue weighted by Crippen LogP contribution is 2.26. The Kier molecular flexibility index (Phi) is 5.18. The molecule has 0 heterocycles. The van der Waals surface area contributed by atoms with E-state index in [1.54, 1.807) is 51.1 Å². The van der Waals surface area contributed by atoms with E-state index in [1.165, 1.54) is 5.01 Å². The number of hydrazine groups is 1. The van der Waals surface area contributed by atoms with Crippen molar-refractivity contribution in [2.45, 2.75) is 33.3 Å². The van der Waals surface area contributed by atoms with Gasteiger partial charge in [0.05, 0.1) is 28.7 Å². The van der Waals surface area contributed by atoms with Crippen LogP contribution in [0.2, 0.25) is 0 Å². The predicted molar refractivity (Wildman–Crippen MR) is 99.1 cm³/mol. The number of rotatable bonds is 3. The van der Waals surface area contributed by atoms with Crippen molar-refractivity contribution >= 4 is 23.2 Å². The zero-order valence-corrected chi connectivity index (χ0v) is 14.8. The van der Waals surface area contributed by atoms with E-state index in [4.69, 9.17) is 15.7 Å². The summed E-state index contributed by atoms with van der Waals surface area (Å²) < 4.78 is 5.48. The molecule has 0 aliphatic heterocycles. The minimum Gasteiger partial charge on any atom is -0.442 e. The largest absolute Gasteiger partial charge is 0.442 e. The summed E-state index contributed by atoms with van der Waals surface area (Å²) in [5.74, 6) is 0. The molecule has 2 aromatic rings. The monoisotopic (exact) mass is 338 g/mol. The molecule has 3 N–H and O–H groups in total. The van der Waals surface area contributed by atoms with Crippen molar-refractivity contribution in [2.75, 3.05) is 16.2 Å². The van der Waals surface area contributed by atoms with Gasteiger partial charge in [-0.05, 0) is 63.6 Å². The van der Waals surface area contributed by atoms with Crippen LogP contribution in [-0.2, 0) is 4.74 Å². The molecule has 0 bridgehead atoms. The molecule has 6 heteroatoms. The highest BCUT2D eigenvalue weighted by Gasteiger charge is 2.24. The average Bonchev–Trinajstić information content (AvgIpc) is 2.53. The third kappa shape index (κ3) is 4.64. The van der Waals surface area contributed by atoms with E-state index < -0.39 is 11.7 Å². The van der Waals surface area contributed by atoms with Crippen LogP contribution in [0.1, 0.15) is 31.9 Å². The molecule has 130 valence electrons. The van der Waals surface area contributed by atoms with Gasteiger partial charge in [0, 0.05) is 0 Å². The number of nitrogens with zero attached hydrogens (tertiary/aromatic N) is 2. The normalized spacial score (nSPS) is 10.7. The van der Waals surface area contributed by atoms with Crippen molar-refractivity contribution in [1.82, 2.24) is 0 Å². The SMILES string of the molecule is Cc1cccc(N)c1NN(C(=O)OC(C)(C)C)c1ccc(C#N)cc1. The van der Waals surface area contributed by atoms with Crippen LogP contribution < -0.4 is 16.2 Å². The quantitative estimate of drug-likeness (QED) is 0.646. The molecule has 0 aromatic heterocycles. The Morgan fingerprint density at radius 3 is 2.36 bits per heavy atom. The lowest BCUT2D eigenvalue weighted by Crippen LogP contribution is -2.41. The maximum absolute atomic E-state index is 12.7. The van der Waals surface area contributed by atoms with E-state index in [9.17, 15) is 4.79 Å². The van der Waals surface area contributed by atoms with Crippen LogP contribution in [0, 0.1) is 18.3 Å². The number of carbonyl (C=O) groups excluding carboxylic acids is 1. The zero-order valence-electron chi connectivity index (χ0n) is 14.8. The van der Waals surface area contributed by atoms with Crippen molar-refractivity contribution in [3.63, 3.8) is 0 Å². The van der Waals surface area contributed by atoms with E-state index in [2.05, 4.69) is 11.5 Å². The molecule has 0 unspecified atom stereocenters.